The summed E-state index contributed by atoms with van der Waals surface area (Å²) in [4.78, 5) is 33.4. The van der Waals surface area contributed by atoms with Gasteiger partial charge in [0.15, 0.2) is 6.61 Å². The number of carbonyl (C=O) groups is 1. The van der Waals surface area contributed by atoms with Crippen LogP contribution in [0.5, 0.6) is 5.75 Å². The Labute approximate surface area is 171 Å². The van der Waals surface area contributed by atoms with E-state index in [2.05, 4.69) is 23.8 Å². The summed E-state index contributed by atoms with van der Waals surface area (Å²) in [6.07, 6.45) is 1.87. The van der Waals surface area contributed by atoms with Gasteiger partial charge < -0.3 is 14.5 Å². The Morgan fingerprint density at radius 2 is 2.03 bits per heavy atom. The van der Waals surface area contributed by atoms with E-state index in [1.54, 1.807) is 0 Å². The molecule has 6 nitrogen and oxygen atoms in total. The highest BCUT2D eigenvalue weighted by atomic mass is 32.1. The number of rotatable bonds is 8. The molecule has 1 N–H and O–H groups in total. The third-order valence-electron chi connectivity index (χ3n) is 4.70. The van der Waals surface area contributed by atoms with E-state index in [0.717, 1.165) is 23.3 Å². The molecule has 1 atom stereocenters. The first-order chi connectivity index (χ1) is 13.9. The average molecular weight is 418 g/mol. The van der Waals surface area contributed by atoms with Crippen LogP contribution in [0.2, 0.25) is 0 Å². The summed E-state index contributed by atoms with van der Waals surface area (Å²) in [6.45, 7) is 5.80. The lowest BCUT2D eigenvalue weighted by Crippen LogP contribution is -2.18. The van der Waals surface area contributed by atoms with Gasteiger partial charge >= 0.3 is 5.97 Å². The Morgan fingerprint density at radius 1 is 1.31 bits per heavy atom. The van der Waals surface area contributed by atoms with Crippen LogP contribution in [0.15, 0.2) is 29.1 Å². The largest absolute Gasteiger partial charge is 0.482 e. The van der Waals surface area contributed by atoms with Gasteiger partial charge in [0.05, 0.1) is 5.39 Å². The number of fused-ring (bicyclic) bond motifs is 1. The lowest BCUT2D eigenvalue weighted by Gasteiger charge is -2.08. The molecule has 154 valence electrons. The van der Waals surface area contributed by atoms with Gasteiger partial charge in [-0.1, -0.05) is 20.3 Å². The third-order valence-corrected chi connectivity index (χ3v) is 5.74. The number of esters is 1. The molecular formula is C21H23FN2O4S. The molecule has 0 unspecified atom stereocenters. The zero-order valence-corrected chi connectivity index (χ0v) is 17.4. The number of aromatic nitrogens is 2. The number of carbonyl (C=O) groups excluding carboxylic acids is 1. The maximum Gasteiger partial charge on any atom is 0.344 e. The van der Waals surface area contributed by atoms with Gasteiger partial charge in [-0.3, -0.25) is 4.79 Å². The van der Waals surface area contributed by atoms with E-state index in [-0.39, 0.29) is 30.4 Å². The van der Waals surface area contributed by atoms with Crippen LogP contribution in [0.3, 0.4) is 0 Å². The fraction of sp³-hybridized carbons (Fsp3) is 0.381. The van der Waals surface area contributed by atoms with E-state index in [1.165, 1.54) is 35.6 Å². The molecule has 2 heterocycles. The fourth-order valence-electron chi connectivity index (χ4n) is 2.89. The number of nitrogens with zero attached hydrogens (tertiary/aromatic N) is 1. The van der Waals surface area contributed by atoms with Crippen LogP contribution in [-0.2, 0) is 22.6 Å². The second kappa shape index (κ2) is 9.17. The minimum atomic E-state index is -0.614. The summed E-state index contributed by atoms with van der Waals surface area (Å²) in [7, 11) is 0. The van der Waals surface area contributed by atoms with Crippen LogP contribution in [0, 0.1) is 18.7 Å². The van der Waals surface area contributed by atoms with Crippen LogP contribution < -0.4 is 10.3 Å². The van der Waals surface area contributed by atoms with Crippen LogP contribution in [0.4, 0.5) is 4.39 Å². The summed E-state index contributed by atoms with van der Waals surface area (Å²) in [5.74, 6) is 0.124. The van der Waals surface area contributed by atoms with E-state index < -0.39 is 5.97 Å². The number of hydrogen-bond donors (Lipinski definition) is 1. The second-order valence-electron chi connectivity index (χ2n) is 6.95. The van der Waals surface area contributed by atoms with Crippen molar-refractivity contribution in [1.82, 2.24) is 9.97 Å². The van der Waals surface area contributed by atoms with Gasteiger partial charge in [0, 0.05) is 4.88 Å². The number of hydrogen-bond acceptors (Lipinski definition) is 6. The SMILES string of the molecule is CC[C@H](C)Cc1c(C)sc2nc(COC(=O)COc3ccc(F)cc3)[nH]c(=O)c12. The molecule has 0 fully saturated rings. The predicted octanol–water partition coefficient (Wildman–Crippen LogP) is 4.14. The van der Waals surface area contributed by atoms with Crippen molar-refractivity contribution in [3.8, 4) is 5.75 Å². The molecule has 0 radical (unpaired) electrons. The first-order valence-electron chi connectivity index (χ1n) is 9.42. The molecule has 29 heavy (non-hydrogen) atoms. The lowest BCUT2D eigenvalue weighted by molar-refractivity contribution is -0.147. The molecule has 0 bridgehead atoms. The van der Waals surface area contributed by atoms with E-state index >= 15 is 0 Å². The molecule has 1 aromatic carbocycles. The van der Waals surface area contributed by atoms with E-state index in [4.69, 9.17) is 9.47 Å². The normalized spacial score (nSPS) is 12.1. The van der Waals surface area contributed by atoms with Gasteiger partial charge in [0.1, 0.15) is 28.8 Å². The van der Waals surface area contributed by atoms with E-state index in [9.17, 15) is 14.0 Å². The minimum Gasteiger partial charge on any atom is -0.482 e. The van der Waals surface area contributed by atoms with Crippen molar-refractivity contribution in [1.29, 1.82) is 0 Å². The number of aromatic amines is 1. The van der Waals surface area contributed by atoms with E-state index in [0.29, 0.717) is 21.9 Å². The molecule has 0 saturated heterocycles. The Bertz CT molecular complexity index is 1060. The quantitative estimate of drug-likeness (QED) is 0.556. The Kier molecular flexibility index (Phi) is 6.64. The van der Waals surface area contributed by atoms with Gasteiger partial charge in [0.2, 0.25) is 0 Å². The first-order valence-corrected chi connectivity index (χ1v) is 10.2. The number of nitrogens with one attached hydrogen (secondary N) is 1. The molecule has 0 saturated carbocycles. The second-order valence-corrected chi connectivity index (χ2v) is 8.15. The highest BCUT2D eigenvalue weighted by Crippen LogP contribution is 2.29. The fourth-order valence-corrected chi connectivity index (χ4v) is 3.96. The average Bonchev–Trinajstić information content (AvgIpc) is 3.01. The van der Waals surface area contributed by atoms with Crippen molar-refractivity contribution >= 4 is 27.5 Å². The standard InChI is InChI=1S/C21H23FN2O4S/c1-4-12(2)9-16-13(3)29-21-19(16)20(26)23-17(24-21)10-28-18(25)11-27-15-7-5-14(22)6-8-15/h5-8,12H,4,9-11H2,1-3H3,(H,23,24,26)/t12-/m0/s1. The number of halogens is 1. The van der Waals surface area contributed by atoms with Gasteiger partial charge in [-0.05, 0) is 49.1 Å². The van der Waals surface area contributed by atoms with Crippen molar-refractivity contribution in [2.45, 2.75) is 40.2 Å². The van der Waals surface area contributed by atoms with Crippen molar-refractivity contribution in [2.24, 2.45) is 5.92 Å². The molecule has 0 aliphatic rings. The molecule has 0 amide bonds. The Balaban J connectivity index is 1.65. The zero-order valence-electron chi connectivity index (χ0n) is 16.6. The van der Waals surface area contributed by atoms with Crippen molar-refractivity contribution in [3.63, 3.8) is 0 Å². The van der Waals surface area contributed by atoms with Gasteiger partial charge in [-0.25, -0.2) is 14.2 Å². The smallest absolute Gasteiger partial charge is 0.344 e. The summed E-state index contributed by atoms with van der Waals surface area (Å²) < 4.78 is 23.2. The molecule has 2 aromatic heterocycles. The Hall–Kier alpha value is -2.74. The van der Waals surface area contributed by atoms with Crippen molar-refractivity contribution in [3.05, 3.63) is 56.7 Å². The molecule has 3 rings (SSSR count). The van der Waals surface area contributed by atoms with Crippen LogP contribution in [0.1, 0.15) is 36.5 Å². The number of benzene rings is 1. The van der Waals surface area contributed by atoms with Crippen LogP contribution in [0.25, 0.3) is 10.2 Å². The highest BCUT2D eigenvalue weighted by Gasteiger charge is 2.17. The number of aryl methyl sites for hydroxylation is 1. The molecule has 8 heteroatoms. The first kappa shape index (κ1) is 21.0. The van der Waals surface area contributed by atoms with Crippen molar-refractivity contribution < 1.29 is 18.7 Å². The Morgan fingerprint density at radius 3 is 2.72 bits per heavy atom. The number of ether oxygens (including phenoxy) is 2. The lowest BCUT2D eigenvalue weighted by atomic mass is 9.98. The minimum absolute atomic E-state index is 0.158. The van der Waals surface area contributed by atoms with Crippen LogP contribution in [-0.4, -0.2) is 22.5 Å². The highest BCUT2D eigenvalue weighted by molar-refractivity contribution is 7.18. The summed E-state index contributed by atoms with van der Waals surface area (Å²) in [5.41, 5.74) is 0.829. The maximum absolute atomic E-state index is 12.9. The summed E-state index contributed by atoms with van der Waals surface area (Å²) in [5, 5.41) is 0.627. The predicted molar refractivity (Wildman–Crippen MR) is 110 cm³/mol. The maximum atomic E-state index is 12.9. The molecule has 0 spiro atoms. The van der Waals surface area contributed by atoms with Gasteiger partial charge in [-0.15, -0.1) is 11.3 Å². The summed E-state index contributed by atoms with van der Waals surface area (Å²) in [6, 6.07) is 5.32. The molecular weight excluding hydrogens is 395 g/mol. The van der Waals surface area contributed by atoms with Crippen molar-refractivity contribution in [2.75, 3.05) is 6.61 Å². The molecule has 0 aliphatic carbocycles. The number of H-pyrrole nitrogens is 1. The monoisotopic (exact) mass is 418 g/mol. The third kappa shape index (κ3) is 5.20. The van der Waals surface area contributed by atoms with Crippen LogP contribution >= 0.6 is 11.3 Å². The summed E-state index contributed by atoms with van der Waals surface area (Å²) >= 11 is 1.48. The molecule has 0 aliphatic heterocycles. The zero-order chi connectivity index (χ0) is 21.0. The number of thiophene rings is 1. The van der Waals surface area contributed by atoms with Gasteiger partial charge in [-0.2, -0.15) is 0 Å². The van der Waals surface area contributed by atoms with Gasteiger partial charge in [0.25, 0.3) is 5.56 Å². The van der Waals surface area contributed by atoms with E-state index in [1.807, 2.05) is 6.92 Å². The molecule has 3 aromatic rings. The topological polar surface area (TPSA) is 81.3 Å².